The van der Waals surface area contributed by atoms with Crippen LogP contribution in [-0.4, -0.2) is 28.8 Å². The number of guanidine groups is 1. The minimum Gasteiger partial charge on any atom is -0.369 e. The Morgan fingerprint density at radius 1 is 1.25 bits per heavy atom. The third-order valence-electron chi connectivity index (χ3n) is 4.12. The molecular weight excluding hydrogens is 347 g/mol. The smallest absolute Gasteiger partial charge is 0.231 e. The second-order valence-corrected chi connectivity index (χ2v) is 6.21. The molecule has 1 atom stereocenters. The number of halogens is 2. The van der Waals surface area contributed by atoms with Crippen LogP contribution in [0.15, 0.2) is 47.6 Å². The molecule has 0 bridgehead atoms. The molecule has 0 fully saturated rings. The number of aliphatic imine (C=N–C) groups is 1. The lowest BCUT2D eigenvalue weighted by Crippen LogP contribution is -2.47. The van der Waals surface area contributed by atoms with Crippen LogP contribution in [0, 0.1) is 0 Å². The Morgan fingerprint density at radius 2 is 1.96 bits per heavy atom. The second-order valence-electron chi connectivity index (χ2n) is 5.82. The van der Waals surface area contributed by atoms with Gasteiger partial charge >= 0.3 is 0 Å². The van der Waals surface area contributed by atoms with Gasteiger partial charge in [0.15, 0.2) is 5.96 Å². The summed E-state index contributed by atoms with van der Waals surface area (Å²) in [5.74, 6) is 0.193. The molecule has 1 aromatic carbocycles. The quantitative estimate of drug-likeness (QED) is 0.831. The number of nitrogens with zero attached hydrogens (tertiary/aromatic N) is 3. The molecule has 0 saturated heterocycles. The molecule has 7 heteroatoms. The summed E-state index contributed by atoms with van der Waals surface area (Å²) in [6.07, 6.45) is 1.95. The standard InChI is InChI=1S/C17H17ClN4O.ClH/c1-17(10-15(23)22(2)16(19)21-17)13-5-3-4-11(8-13)12-6-7-20-14(18)9-12;/h3-9H,10H2,1-2H3,(H2,19,21);1H. The molecule has 5 nitrogen and oxygen atoms in total. The van der Waals surface area contributed by atoms with Crippen LogP contribution in [0.3, 0.4) is 0 Å². The maximum absolute atomic E-state index is 12.1. The zero-order valence-corrected chi connectivity index (χ0v) is 14.9. The van der Waals surface area contributed by atoms with Crippen LogP contribution in [0.5, 0.6) is 0 Å². The average Bonchev–Trinajstić information content (AvgIpc) is 2.53. The lowest BCUT2D eigenvalue weighted by atomic mass is 9.86. The number of carbonyl (C=O) groups excluding carboxylic acids is 1. The van der Waals surface area contributed by atoms with E-state index >= 15 is 0 Å². The molecule has 2 aromatic rings. The van der Waals surface area contributed by atoms with Crippen LogP contribution in [0.25, 0.3) is 11.1 Å². The molecule has 1 amide bonds. The number of hydrogen-bond acceptors (Lipinski definition) is 4. The van der Waals surface area contributed by atoms with Crippen molar-refractivity contribution < 1.29 is 4.79 Å². The Kier molecular flexibility index (Phi) is 5.16. The summed E-state index contributed by atoms with van der Waals surface area (Å²) in [4.78, 5) is 22.0. The van der Waals surface area contributed by atoms with Gasteiger partial charge in [-0.3, -0.25) is 9.69 Å². The highest BCUT2D eigenvalue weighted by Gasteiger charge is 2.36. The number of amides is 1. The van der Waals surface area contributed by atoms with Gasteiger partial charge in [0.2, 0.25) is 5.91 Å². The number of pyridine rings is 1. The van der Waals surface area contributed by atoms with Gasteiger partial charge in [0.1, 0.15) is 5.15 Å². The van der Waals surface area contributed by atoms with Crippen molar-refractivity contribution in [3.63, 3.8) is 0 Å². The normalized spacial score (nSPS) is 20.4. The van der Waals surface area contributed by atoms with Gasteiger partial charge in [-0.1, -0.05) is 29.8 Å². The van der Waals surface area contributed by atoms with E-state index in [0.717, 1.165) is 16.7 Å². The summed E-state index contributed by atoms with van der Waals surface area (Å²) < 4.78 is 0. The molecule has 3 rings (SSSR count). The topological polar surface area (TPSA) is 71.6 Å². The molecular formula is C17H18Cl2N4O. The molecule has 0 radical (unpaired) electrons. The molecule has 0 aliphatic carbocycles. The minimum atomic E-state index is -0.666. The van der Waals surface area contributed by atoms with Gasteiger partial charge in [-0.2, -0.15) is 0 Å². The first-order valence-electron chi connectivity index (χ1n) is 7.23. The Balaban J connectivity index is 0.00000208. The van der Waals surface area contributed by atoms with Crippen molar-refractivity contribution in [1.82, 2.24) is 9.88 Å². The Labute approximate surface area is 152 Å². The van der Waals surface area contributed by atoms with Gasteiger partial charge in [0.25, 0.3) is 0 Å². The summed E-state index contributed by atoms with van der Waals surface area (Å²) in [5, 5.41) is 0.441. The number of carbonyl (C=O) groups is 1. The van der Waals surface area contributed by atoms with Crippen molar-refractivity contribution >= 4 is 35.9 Å². The van der Waals surface area contributed by atoms with E-state index in [1.54, 1.807) is 19.3 Å². The van der Waals surface area contributed by atoms with Crippen molar-refractivity contribution in [1.29, 1.82) is 0 Å². The summed E-state index contributed by atoms with van der Waals surface area (Å²) in [6.45, 7) is 1.92. The Hall–Kier alpha value is -2.11. The second kappa shape index (κ2) is 6.79. The highest BCUT2D eigenvalue weighted by atomic mass is 35.5. The predicted octanol–water partition coefficient (Wildman–Crippen LogP) is 3.22. The fourth-order valence-corrected chi connectivity index (χ4v) is 2.86. The third-order valence-corrected chi connectivity index (χ3v) is 4.33. The van der Waals surface area contributed by atoms with Gasteiger partial charge < -0.3 is 5.73 Å². The minimum absolute atomic E-state index is 0. The molecule has 1 aliphatic heterocycles. The monoisotopic (exact) mass is 364 g/mol. The van der Waals surface area contributed by atoms with Crippen molar-refractivity contribution in [3.8, 4) is 11.1 Å². The van der Waals surface area contributed by atoms with E-state index in [1.807, 2.05) is 37.3 Å². The predicted molar refractivity (Wildman–Crippen MR) is 98.3 cm³/mol. The van der Waals surface area contributed by atoms with Crippen LogP contribution in [-0.2, 0) is 10.3 Å². The lowest BCUT2D eigenvalue weighted by molar-refractivity contribution is -0.128. The highest BCUT2D eigenvalue weighted by Crippen LogP contribution is 2.35. The molecule has 1 aliphatic rings. The van der Waals surface area contributed by atoms with Crippen LogP contribution in [0.1, 0.15) is 18.9 Å². The molecule has 1 unspecified atom stereocenters. The third kappa shape index (κ3) is 3.37. The molecule has 0 saturated carbocycles. The number of aromatic nitrogens is 1. The van der Waals surface area contributed by atoms with E-state index in [2.05, 4.69) is 9.98 Å². The van der Waals surface area contributed by atoms with Crippen molar-refractivity contribution in [2.24, 2.45) is 10.7 Å². The lowest BCUT2D eigenvalue weighted by Gasteiger charge is -2.33. The van der Waals surface area contributed by atoms with Gasteiger partial charge in [-0.25, -0.2) is 9.98 Å². The SMILES string of the molecule is CN1C(=O)CC(C)(c2cccc(-c3ccnc(Cl)c3)c2)N=C1N.Cl. The maximum atomic E-state index is 12.1. The van der Waals surface area contributed by atoms with E-state index in [-0.39, 0.29) is 30.7 Å². The van der Waals surface area contributed by atoms with Gasteiger partial charge in [0.05, 0.1) is 12.0 Å². The first kappa shape index (κ1) is 18.2. The first-order chi connectivity index (χ1) is 10.9. The average molecular weight is 365 g/mol. The van der Waals surface area contributed by atoms with Crippen LogP contribution in [0.2, 0.25) is 5.15 Å². The van der Waals surface area contributed by atoms with Crippen molar-refractivity contribution in [3.05, 3.63) is 53.3 Å². The van der Waals surface area contributed by atoms with Crippen molar-refractivity contribution in [2.75, 3.05) is 7.05 Å². The number of hydrogen-bond donors (Lipinski definition) is 1. The number of benzene rings is 1. The fourth-order valence-electron chi connectivity index (χ4n) is 2.69. The van der Waals surface area contributed by atoms with Crippen LogP contribution in [0.4, 0.5) is 0 Å². The van der Waals surface area contributed by atoms with E-state index < -0.39 is 5.54 Å². The van der Waals surface area contributed by atoms with Crippen LogP contribution >= 0.6 is 24.0 Å². The largest absolute Gasteiger partial charge is 0.369 e. The fraction of sp³-hybridized carbons (Fsp3) is 0.235. The van der Waals surface area contributed by atoms with Gasteiger partial charge in [0, 0.05) is 13.2 Å². The molecule has 126 valence electrons. The highest BCUT2D eigenvalue weighted by molar-refractivity contribution is 6.29. The van der Waals surface area contributed by atoms with E-state index in [1.165, 1.54) is 4.90 Å². The summed E-state index contributed by atoms with van der Waals surface area (Å²) in [7, 11) is 1.64. The van der Waals surface area contributed by atoms with E-state index in [4.69, 9.17) is 17.3 Å². The van der Waals surface area contributed by atoms with Crippen LogP contribution < -0.4 is 5.73 Å². The summed E-state index contributed by atoms with van der Waals surface area (Å²) in [6, 6.07) is 11.6. The van der Waals surface area contributed by atoms with E-state index in [0.29, 0.717) is 5.15 Å². The Morgan fingerprint density at radius 3 is 2.62 bits per heavy atom. The molecule has 2 heterocycles. The van der Waals surface area contributed by atoms with Crippen molar-refractivity contribution in [2.45, 2.75) is 18.9 Å². The first-order valence-corrected chi connectivity index (χ1v) is 7.61. The summed E-state index contributed by atoms with van der Waals surface area (Å²) in [5.41, 5.74) is 8.11. The zero-order valence-electron chi connectivity index (χ0n) is 13.4. The molecule has 0 spiro atoms. The molecule has 24 heavy (non-hydrogen) atoms. The Bertz CT molecular complexity index is 809. The van der Waals surface area contributed by atoms with Gasteiger partial charge in [-0.05, 0) is 41.8 Å². The molecule has 2 N–H and O–H groups in total. The summed E-state index contributed by atoms with van der Waals surface area (Å²) >= 11 is 5.97. The van der Waals surface area contributed by atoms with E-state index in [9.17, 15) is 4.79 Å². The number of nitrogens with two attached hydrogens (primary N) is 1. The molecule has 1 aromatic heterocycles. The maximum Gasteiger partial charge on any atom is 0.231 e. The zero-order chi connectivity index (χ0) is 16.6. The van der Waals surface area contributed by atoms with Gasteiger partial charge in [-0.15, -0.1) is 12.4 Å². The number of rotatable bonds is 2.